The van der Waals surface area contributed by atoms with Gasteiger partial charge in [-0.2, -0.15) is 0 Å². The summed E-state index contributed by atoms with van der Waals surface area (Å²) in [6, 6.07) is 8.13. The highest BCUT2D eigenvalue weighted by atomic mass is 16.4. The maximum Gasteiger partial charge on any atom is 0.330 e. The van der Waals surface area contributed by atoms with Crippen LogP contribution in [0.25, 0.3) is 11.1 Å². The summed E-state index contributed by atoms with van der Waals surface area (Å²) in [5.41, 5.74) is 0.894. The predicted molar refractivity (Wildman–Crippen MR) is 82.8 cm³/mol. The van der Waals surface area contributed by atoms with E-state index in [2.05, 4.69) is 0 Å². The Hall–Kier alpha value is -2.95. The molecule has 0 bridgehead atoms. The highest BCUT2D eigenvalue weighted by Crippen LogP contribution is 2.51. The average molecular weight is 310 g/mol. The molecule has 0 saturated carbocycles. The van der Waals surface area contributed by atoms with Crippen LogP contribution in [0.1, 0.15) is 32.6 Å². The highest BCUT2D eigenvalue weighted by molar-refractivity contribution is 6.15. The van der Waals surface area contributed by atoms with E-state index in [0.717, 1.165) is 0 Å². The Morgan fingerprint density at radius 3 is 2.17 bits per heavy atom. The van der Waals surface area contributed by atoms with Crippen LogP contribution in [0.2, 0.25) is 0 Å². The van der Waals surface area contributed by atoms with Crippen LogP contribution in [0.15, 0.2) is 30.3 Å². The number of carbonyl (C=O) groups excluding carboxylic acids is 1. The lowest BCUT2D eigenvalue weighted by molar-refractivity contribution is -0.155. The second-order valence-corrected chi connectivity index (χ2v) is 5.66. The lowest BCUT2D eigenvalue weighted by Gasteiger charge is -2.24. The van der Waals surface area contributed by atoms with Gasteiger partial charge >= 0.3 is 11.9 Å². The first-order valence-electron chi connectivity index (χ1n) is 7.03. The summed E-state index contributed by atoms with van der Waals surface area (Å²) in [4.78, 5) is 35.4. The molecule has 0 heterocycles. The minimum absolute atomic E-state index is 0.223. The van der Waals surface area contributed by atoms with Gasteiger partial charge in [-0.1, -0.05) is 24.3 Å². The molecule has 2 aromatic carbocycles. The van der Waals surface area contributed by atoms with Gasteiger partial charge in [0.05, 0.1) is 0 Å². The smallest absolute Gasteiger partial charge is 0.330 e. The number of benzene rings is 2. The van der Waals surface area contributed by atoms with Crippen molar-refractivity contribution < 1.29 is 24.6 Å². The zero-order chi connectivity index (χ0) is 16.9. The van der Waals surface area contributed by atoms with Crippen LogP contribution in [0, 0.1) is 13.8 Å². The molecule has 0 aromatic heterocycles. The van der Waals surface area contributed by atoms with Gasteiger partial charge in [0.2, 0.25) is 5.41 Å². The molecule has 0 radical (unpaired) electrons. The molecule has 0 saturated heterocycles. The molecule has 2 N–H and O–H groups in total. The number of hydrogen-bond acceptors (Lipinski definition) is 3. The van der Waals surface area contributed by atoms with Crippen LogP contribution in [-0.4, -0.2) is 28.4 Å². The minimum Gasteiger partial charge on any atom is -0.480 e. The summed E-state index contributed by atoms with van der Waals surface area (Å²) in [5.74, 6) is -2.87. The van der Waals surface area contributed by atoms with Gasteiger partial charge in [-0.25, -0.2) is 0 Å². The van der Waals surface area contributed by atoms with Gasteiger partial charge in [-0.15, -0.1) is 0 Å². The Labute approximate surface area is 132 Å². The molecular weight excluding hydrogens is 296 g/mol. The Balaban J connectivity index is 2.58. The van der Waals surface area contributed by atoms with E-state index in [4.69, 9.17) is 0 Å². The second kappa shape index (κ2) is 4.78. The molecule has 0 atom stereocenters. The monoisotopic (exact) mass is 310 g/mol. The molecule has 5 heteroatoms. The Morgan fingerprint density at radius 2 is 1.61 bits per heavy atom. The van der Waals surface area contributed by atoms with Gasteiger partial charge in [-0.3, -0.25) is 14.4 Å². The molecular formula is C18H14O5. The first-order valence-corrected chi connectivity index (χ1v) is 7.03. The van der Waals surface area contributed by atoms with Crippen molar-refractivity contribution >= 4 is 18.2 Å². The van der Waals surface area contributed by atoms with Gasteiger partial charge in [-0.05, 0) is 53.3 Å². The number of carbonyl (C=O) groups is 3. The fourth-order valence-electron chi connectivity index (χ4n) is 3.48. The SMILES string of the molecule is Cc1c(C=O)cc2c(c1C)C(C(=O)O)(C(=O)O)c1ccccc1-2. The second-order valence-electron chi connectivity index (χ2n) is 5.66. The van der Waals surface area contributed by atoms with Crippen molar-refractivity contribution in [1.82, 2.24) is 0 Å². The van der Waals surface area contributed by atoms with E-state index in [9.17, 15) is 24.6 Å². The average Bonchev–Trinajstić information content (AvgIpc) is 2.82. The molecule has 0 fully saturated rings. The minimum atomic E-state index is -2.15. The summed E-state index contributed by atoms with van der Waals surface area (Å²) in [6.45, 7) is 3.35. The number of carboxylic acids is 2. The molecule has 1 aliphatic carbocycles. The number of aliphatic carboxylic acids is 2. The molecule has 1 aliphatic rings. The van der Waals surface area contributed by atoms with E-state index in [1.54, 1.807) is 38.1 Å². The van der Waals surface area contributed by atoms with Crippen molar-refractivity contribution in [1.29, 1.82) is 0 Å². The third-order valence-electron chi connectivity index (χ3n) is 4.70. The summed E-state index contributed by atoms with van der Waals surface area (Å²) in [7, 11) is 0. The summed E-state index contributed by atoms with van der Waals surface area (Å²) in [6.07, 6.45) is 0.701. The number of aldehydes is 1. The lowest BCUT2D eigenvalue weighted by atomic mass is 9.75. The maximum absolute atomic E-state index is 12.1. The van der Waals surface area contributed by atoms with E-state index in [-0.39, 0.29) is 11.1 Å². The lowest BCUT2D eigenvalue weighted by Crippen LogP contribution is -2.43. The molecule has 0 unspecified atom stereocenters. The molecule has 23 heavy (non-hydrogen) atoms. The molecule has 0 spiro atoms. The van der Waals surface area contributed by atoms with Crippen molar-refractivity contribution in [3.05, 3.63) is 58.1 Å². The quantitative estimate of drug-likeness (QED) is 0.671. The number of carboxylic acid groups (broad SMARTS) is 2. The van der Waals surface area contributed by atoms with Crippen LogP contribution < -0.4 is 0 Å². The normalized spacial score (nSPS) is 14.0. The van der Waals surface area contributed by atoms with E-state index >= 15 is 0 Å². The van der Waals surface area contributed by atoms with Crippen molar-refractivity contribution in [2.45, 2.75) is 19.3 Å². The van der Waals surface area contributed by atoms with Gasteiger partial charge in [0, 0.05) is 5.56 Å². The van der Waals surface area contributed by atoms with E-state index in [0.29, 0.717) is 34.1 Å². The van der Waals surface area contributed by atoms with E-state index in [1.807, 2.05) is 0 Å². The van der Waals surface area contributed by atoms with Gasteiger partial charge in [0.15, 0.2) is 0 Å². The Kier molecular flexibility index (Phi) is 3.11. The third-order valence-corrected chi connectivity index (χ3v) is 4.70. The summed E-state index contributed by atoms with van der Waals surface area (Å²) >= 11 is 0. The van der Waals surface area contributed by atoms with Crippen molar-refractivity contribution in [3.63, 3.8) is 0 Å². The molecule has 3 rings (SSSR count). The predicted octanol–water partition coefficient (Wildman–Crippen LogP) is 2.55. The zero-order valence-electron chi connectivity index (χ0n) is 12.6. The fourth-order valence-corrected chi connectivity index (χ4v) is 3.48. The first-order chi connectivity index (χ1) is 10.9. The van der Waals surface area contributed by atoms with Gasteiger partial charge < -0.3 is 10.2 Å². The van der Waals surface area contributed by atoms with Crippen molar-refractivity contribution in [2.24, 2.45) is 0 Å². The van der Waals surface area contributed by atoms with Crippen LogP contribution in [0.4, 0.5) is 0 Å². The van der Waals surface area contributed by atoms with Gasteiger partial charge in [0.1, 0.15) is 6.29 Å². The standard InChI is InChI=1S/C18H14O5/c1-9-10(2)15-13(7-11(9)8-19)12-5-3-4-6-14(12)18(15,16(20)21)17(22)23/h3-8H,1-2H3,(H,20,21)(H,22,23). The fraction of sp³-hybridized carbons (Fsp3) is 0.167. The summed E-state index contributed by atoms with van der Waals surface area (Å²) in [5, 5.41) is 19.6. The van der Waals surface area contributed by atoms with Crippen molar-refractivity contribution in [2.75, 3.05) is 0 Å². The number of fused-ring (bicyclic) bond motifs is 3. The van der Waals surface area contributed by atoms with E-state index < -0.39 is 17.4 Å². The van der Waals surface area contributed by atoms with E-state index in [1.165, 1.54) is 6.07 Å². The topological polar surface area (TPSA) is 91.7 Å². The summed E-state index contributed by atoms with van der Waals surface area (Å²) < 4.78 is 0. The van der Waals surface area contributed by atoms with Crippen LogP contribution in [0.5, 0.6) is 0 Å². The molecule has 2 aromatic rings. The molecule has 5 nitrogen and oxygen atoms in total. The van der Waals surface area contributed by atoms with Crippen LogP contribution in [-0.2, 0) is 15.0 Å². The highest BCUT2D eigenvalue weighted by Gasteiger charge is 2.57. The van der Waals surface area contributed by atoms with Crippen LogP contribution in [0.3, 0.4) is 0 Å². The molecule has 0 aliphatic heterocycles. The Morgan fingerprint density at radius 1 is 1.00 bits per heavy atom. The molecule has 0 amide bonds. The largest absolute Gasteiger partial charge is 0.480 e. The van der Waals surface area contributed by atoms with Crippen LogP contribution >= 0.6 is 0 Å². The molecule has 116 valence electrons. The first kappa shape index (κ1) is 15.0. The third kappa shape index (κ3) is 1.64. The maximum atomic E-state index is 12.1. The number of rotatable bonds is 3. The van der Waals surface area contributed by atoms with Crippen molar-refractivity contribution in [3.8, 4) is 11.1 Å². The number of hydrogen-bond donors (Lipinski definition) is 2. The Bertz CT molecular complexity index is 865. The van der Waals surface area contributed by atoms with Gasteiger partial charge in [0.25, 0.3) is 0 Å². The zero-order valence-corrected chi connectivity index (χ0v) is 12.6.